The van der Waals surface area contributed by atoms with Crippen LogP contribution in [0.1, 0.15) is 31.0 Å². The van der Waals surface area contributed by atoms with Crippen molar-refractivity contribution in [3.05, 3.63) is 64.1 Å². The minimum atomic E-state index is -0.299. The topological polar surface area (TPSA) is 49.4 Å². The normalized spacial score (nSPS) is 17.2. The summed E-state index contributed by atoms with van der Waals surface area (Å²) in [4.78, 5) is 26.8. The lowest BCUT2D eigenvalue weighted by Gasteiger charge is -2.32. The fraction of sp³-hybridized carbons (Fsp3) is 0.263. The number of amides is 2. The molecule has 0 bridgehead atoms. The first-order valence-electron chi connectivity index (χ1n) is 7.92. The second kappa shape index (κ2) is 6.77. The summed E-state index contributed by atoms with van der Waals surface area (Å²) < 4.78 is 0.912. The van der Waals surface area contributed by atoms with E-state index in [1.807, 2.05) is 62.4 Å². The van der Waals surface area contributed by atoms with Crippen molar-refractivity contribution < 1.29 is 9.59 Å². The summed E-state index contributed by atoms with van der Waals surface area (Å²) in [6, 6.07) is 15.3. The molecule has 2 amide bonds. The van der Waals surface area contributed by atoms with Gasteiger partial charge in [-0.15, -0.1) is 0 Å². The van der Waals surface area contributed by atoms with Gasteiger partial charge in [-0.1, -0.05) is 60.1 Å². The molecular formula is C19H19BrN2O2. The van der Waals surface area contributed by atoms with Gasteiger partial charge in [0, 0.05) is 21.6 Å². The van der Waals surface area contributed by atoms with Crippen LogP contribution < -0.4 is 5.32 Å². The quantitative estimate of drug-likeness (QED) is 0.848. The molecule has 0 radical (unpaired) electrons. The van der Waals surface area contributed by atoms with Crippen molar-refractivity contribution in [2.45, 2.75) is 19.9 Å². The predicted molar refractivity (Wildman–Crippen MR) is 97.6 cm³/mol. The number of rotatable bonds is 2. The van der Waals surface area contributed by atoms with E-state index < -0.39 is 0 Å². The Morgan fingerprint density at radius 3 is 2.58 bits per heavy atom. The van der Waals surface area contributed by atoms with E-state index >= 15 is 0 Å². The Morgan fingerprint density at radius 1 is 1.21 bits per heavy atom. The number of halogens is 1. The number of nitrogens with zero attached hydrogens (tertiary/aromatic N) is 1. The highest BCUT2D eigenvalue weighted by molar-refractivity contribution is 9.10. The number of benzene rings is 2. The summed E-state index contributed by atoms with van der Waals surface area (Å²) in [7, 11) is 0. The van der Waals surface area contributed by atoms with E-state index in [4.69, 9.17) is 0 Å². The molecule has 0 aliphatic carbocycles. The molecule has 3 rings (SSSR count). The third kappa shape index (κ3) is 3.22. The molecule has 1 unspecified atom stereocenters. The Hall–Kier alpha value is -2.14. The van der Waals surface area contributed by atoms with Crippen molar-refractivity contribution in [1.82, 2.24) is 4.90 Å². The first-order valence-corrected chi connectivity index (χ1v) is 8.71. The van der Waals surface area contributed by atoms with Gasteiger partial charge in [-0.2, -0.15) is 0 Å². The minimum absolute atomic E-state index is 0.0353. The van der Waals surface area contributed by atoms with Crippen LogP contribution in [-0.2, 0) is 9.59 Å². The van der Waals surface area contributed by atoms with Gasteiger partial charge in [0.15, 0.2) is 0 Å². The Morgan fingerprint density at radius 2 is 1.92 bits per heavy atom. The van der Waals surface area contributed by atoms with Crippen LogP contribution in [0.2, 0.25) is 0 Å². The molecule has 5 heteroatoms. The molecule has 4 nitrogen and oxygen atoms in total. The van der Waals surface area contributed by atoms with Crippen molar-refractivity contribution in [2.75, 3.05) is 11.9 Å². The van der Waals surface area contributed by atoms with Gasteiger partial charge < -0.3 is 10.2 Å². The maximum atomic E-state index is 12.8. The largest absolute Gasteiger partial charge is 0.324 e. The van der Waals surface area contributed by atoms with Crippen LogP contribution in [-0.4, -0.2) is 23.3 Å². The van der Waals surface area contributed by atoms with E-state index in [0.717, 1.165) is 21.3 Å². The fourth-order valence-corrected chi connectivity index (χ4v) is 3.39. The predicted octanol–water partition coefficient (Wildman–Crippen LogP) is 3.98. The van der Waals surface area contributed by atoms with Gasteiger partial charge in [-0.3, -0.25) is 9.59 Å². The zero-order valence-electron chi connectivity index (χ0n) is 13.6. The summed E-state index contributed by atoms with van der Waals surface area (Å²) in [6.45, 7) is 3.76. The molecule has 1 heterocycles. The molecule has 0 aromatic heterocycles. The van der Waals surface area contributed by atoms with Crippen LogP contribution in [0, 0.1) is 5.92 Å². The maximum absolute atomic E-state index is 12.8. The van der Waals surface area contributed by atoms with E-state index in [1.165, 1.54) is 0 Å². The highest BCUT2D eigenvalue weighted by Gasteiger charge is 2.34. The third-order valence-electron chi connectivity index (χ3n) is 4.10. The van der Waals surface area contributed by atoms with Crippen molar-refractivity contribution in [3.63, 3.8) is 0 Å². The van der Waals surface area contributed by atoms with Crippen molar-refractivity contribution in [2.24, 2.45) is 5.92 Å². The lowest BCUT2D eigenvalue weighted by molar-refractivity contribution is -0.139. The number of carbonyl (C=O) groups is 2. The van der Waals surface area contributed by atoms with E-state index in [2.05, 4.69) is 21.2 Å². The van der Waals surface area contributed by atoms with E-state index in [9.17, 15) is 9.59 Å². The Labute approximate surface area is 150 Å². The molecule has 2 aromatic rings. The van der Waals surface area contributed by atoms with Crippen LogP contribution >= 0.6 is 15.9 Å². The number of anilines is 1. The highest BCUT2D eigenvalue weighted by atomic mass is 79.9. The van der Waals surface area contributed by atoms with Crippen LogP contribution in [0.4, 0.5) is 5.69 Å². The molecule has 1 aliphatic rings. The van der Waals surface area contributed by atoms with Gasteiger partial charge in [-0.25, -0.2) is 0 Å². The molecule has 1 aliphatic heterocycles. The molecule has 24 heavy (non-hydrogen) atoms. The summed E-state index contributed by atoms with van der Waals surface area (Å²) in [5.74, 6) is -0.393. The summed E-state index contributed by atoms with van der Waals surface area (Å²) >= 11 is 3.50. The smallest absolute Gasteiger partial charge is 0.244 e. The molecule has 0 saturated carbocycles. The SMILES string of the molecule is CC(C)C(=O)N1CC(=O)Nc2ccc(Br)cc2C1c1ccccc1. The Balaban J connectivity index is 2.21. The zero-order valence-corrected chi connectivity index (χ0v) is 15.2. The monoisotopic (exact) mass is 386 g/mol. The van der Waals surface area contributed by atoms with Gasteiger partial charge in [0.2, 0.25) is 11.8 Å². The zero-order chi connectivity index (χ0) is 17.3. The molecule has 0 fully saturated rings. The first kappa shape index (κ1) is 16.7. The summed E-state index contributed by atoms with van der Waals surface area (Å²) in [6.07, 6.45) is 0. The van der Waals surface area contributed by atoms with E-state index in [1.54, 1.807) is 4.90 Å². The van der Waals surface area contributed by atoms with Crippen LogP contribution in [0.3, 0.4) is 0 Å². The highest BCUT2D eigenvalue weighted by Crippen LogP contribution is 2.37. The summed E-state index contributed by atoms with van der Waals surface area (Å²) in [5, 5.41) is 2.92. The first-order chi connectivity index (χ1) is 11.5. The summed E-state index contributed by atoms with van der Waals surface area (Å²) in [5.41, 5.74) is 2.65. The van der Waals surface area contributed by atoms with Gasteiger partial charge in [0.1, 0.15) is 6.54 Å². The molecular weight excluding hydrogens is 368 g/mol. The lowest BCUT2D eigenvalue weighted by atomic mass is 9.95. The number of carbonyl (C=O) groups excluding carboxylic acids is 2. The molecule has 1 atom stereocenters. The van der Waals surface area contributed by atoms with Gasteiger partial charge in [0.05, 0.1) is 6.04 Å². The number of nitrogens with one attached hydrogen (secondary N) is 1. The minimum Gasteiger partial charge on any atom is -0.324 e. The van der Waals surface area contributed by atoms with Crippen LogP contribution in [0.15, 0.2) is 53.0 Å². The van der Waals surface area contributed by atoms with Crippen LogP contribution in [0.5, 0.6) is 0 Å². The average molecular weight is 387 g/mol. The van der Waals surface area contributed by atoms with E-state index in [0.29, 0.717) is 0 Å². The molecule has 124 valence electrons. The van der Waals surface area contributed by atoms with Crippen molar-refractivity contribution in [1.29, 1.82) is 0 Å². The van der Waals surface area contributed by atoms with Gasteiger partial charge >= 0.3 is 0 Å². The van der Waals surface area contributed by atoms with Crippen molar-refractivity contribution in [3.8, 4) is 0 Å². The molecule has 0 spiro atoms. The third-order valence-corrected chi connectivity index (χ3v) is 4.59. The number of hydrogen-bond acceptors (Lipinski definition) is 2. The fourth-order valence-electron chi connectivity index (χ4n) is 3.01. The lowest BCUT2D eigenvalue weighted by Crippen LogP contribution is -2.41. The standard InChI is InChI=1S/C19H19BrN2O2/c1-12(2)19(24)22-11-17(23)21-16-9-8-14(20)10-15(16)18(22)13-6-4-3-5-7-13/h3-10,12,18H,11H2,1-2H3,(H,21,23). The second-order valence-electron chi connectivity index (χ2n) is 6.21. The average Bonchev–Trinajstić information content (AvgIpc) is 2.70. The second-order valence-corrected chi connectivity index (χ2v) is 7.13. The molecule has 0 saturated heterocycles. The van der Waals surface area contributed by atoms with Gasteiger partial charge in [-0.05, 0) is 23.8 Å². The maximum Gasteiger partial charge on any atom is 0.244 e. The van der Waals surface area contributed by atoms with E-state index in [-0.39, 0.29) is 30.3 Å². The van der Waals surface area contributed by atoms with Gasteiger partial charge in [0.25, 0.3) is 0 Å². The molecule has 1 N–H and O–H groups in total. The Bertz CT molecular complexity index is 774. The van der Waals surface area contributed by atoms with Crippen LogP contribution in [0.25, 0.3) is 0 Å². The number of fused-ring (bicyclic) bond motifs is 1. The van der Waals surface area contributed by atoms with Crippen molar-refractivity contribution >= 4 is 33.4 Å². The molecule has 2 aromatic carbocycles. The Kier molecular flexibility index (Phi) is 4.71. The number of hydrogen-bond donors (Lipinski definition) is 1.